The van der Waals surface area contributed by atoms with Crippen LogP contribution in [-0.4, -0.2) is 24.2 Å². The molecule has 0 saturated heterocycles. The fourth-order valence-corrected chi connectivity index (χ4v) is 2.92. The van der Waals surface area contributed by atoms with E-state index in [0.29, 0.717) is 6.61 Å². The van der Waals surface area contributed by atoms with E-state index < -0.39 is 5.97 Å². The van der Waals surface area contributed by atoms with E-state index in [0.717, 1.165) is 38.1 Å². The average Bonchev–Trinajstić information content (AvgIpc) is 2.88. The lowest BCUT2D eigenvalue weighted by atomic mass is 9.96. The maximum absolute atomic E-state index is 11.1. The van der Waals surface area contributed by atoms with E-state index in [9.17, 15) is 4.79 Å². The molecule has 110 valence electrons. The van der Waals surface area contributed by atoms with Gasteiger partial charge in [0.1, 0.15) is 5.75 Å². The molecule has 2 rings (SSSR count). The molecule has 1 aromatic carbocycles. The second-order valence-electron chi connectivity index (χ2n) is 5.35. The molecule has 1 fully saturated rings. The molecule has 0 heterocycles. The highest BCUT2D eigenvalue weighted by atomic mass is 16.5. The van der Waals surface area contributed by atoms with Gasteiger partial charge in [-0.1, -0.05) is 18.6 Å². The molecule has 1 aliphatic carbocycles. The van der Waals surface area contributed by atoms with Crippen LogP contribution in [0.4, 0.5) is 0 Å². The Kier molecular flexibility index (Phi) is 5.41. The number of aliphatic carboxylic acids is 1. The molecule has 2 N–H and O–H groups in total. The molecule has 2 atom stereocenters. The van der Waals surface area contributed by atoms with Gasteiger partial charge in [0, 0.05) is 6.54 Å². The van der Waals surface area contributed by atoms with Crippen molar-refractivity contribution in [1.29, 1.82) is 0 Å². The van der Waals surface area contributed by atoms with Crippen molar-refractivity contribution in [3.05, 3.63) is 29.8 Å². The number of hydrogen-bond acceptors (Lipinski definition) is 3. The Labute approximate surface area is 120 Å². The Balaban J connectivity index is 1.80. The van der Waals surface area contributed by atoms with Crippen molar-refractivity contribution in [3.63, 3.8) is 0 Å². The molecule has 0 amide bonds. The number of rotatable bonds is 7. The summed E-state index contributed by atoms with van der Waals surface area (Å²) >= 11 is 0. The summed E-state index contributed by atoms with van der Waals surface area (Å²) in [6, 6.07) is 8.01. The predicted molar refractivity (Wildman–Crippen MR) is 77.8 cm³/mol. The lowest BCUT2D eigenvalue weighted by molar-refractivity contribution is -0.142. The molecule has 1 aromatic rings. The van der Waals surface area contributed by atoms with Crippen LogP contribution < -0.4 is 10.1 Å². The molecule has 1 saturated carbocycles. The standard InChI is InChI=1S/C16H23NO3/c1-2-20-14-7-3-5-12(9-14)10-17-11-13-6-4-8-15(13)16(18)19/h3,5,7,9,13,15,17H,2,4,6,8,10-11H2,1H3,(H,18,19). The first-order chi connectivity index (χ1) is 9.70. The molecule has 0 aliphatic heterocycles. The zero-order valence-corrected chi connectivity index (χ0v) is 12.0. The van der Waals surface area contributed by atoms with Crippen LogP contribution in [0.25, 0.3) is 0 Å². The van der Waals surface area contributed by atoms with Crippen molar-refractivity contribution < 1.29 is 14.6 Å². The van der Waals surface area contributed by atoms with Crippen molar-refractivity contribution in [2.45, 2.75) is 32.7 Å². The second-order valence-corrected chi connectivity index (χ2v) is 5.35. The normalized spacial score (nSPS) is 21.9. The molecule has 0 radical (unpaired) electrons. The van der Waals surface area contributed by atoms with Crippen LogP contribution in [0.15, 0.2) is 24.3 Å². The van der Waals surface area contributed by atoms with E-state index in [1.807, 2.05) is 25.1 Å². The molecule has 0 spiro atoms. The zero-order valence-electron chi connectivity index (χ0n) is 12.0. The lowest BCUT2D eigenvalue weighted by Gasteiger charge is -2.16. The fraction of sp³-hybridized carbons (Fsp3) is 0.562. The number of carboxylic acid groups (broad SMARTS) is 1. The number of carbonyl (C=O) groups is 1. The van der Waals surface area contributed by atoms with Crippen molar-refractivity contribution in [2.24, 2.45) is 11.8 Å². The van der Waals surface area contributed by atoms with Gasteiger partial charge in [0.2, 0.25) is 0 Å². The average molecular weight is 277 g/mol. The van der Waals surface area contributed by atoms with Gasteiger partial charge in [-0.25, -0.2) is 0 Å². The van der Waals surface area contributed by atoms with Crippen LogP contribution in [0.3, 0.4) is 0 Å². The fourth-order valence-electron chi connectivity index (χ4n) is 2.92. The quantitative estimate of drug-likeness (QED) is 0.804. The number of ether oxygens (including phenoxy) is 1. The van der Waals surface area contributed by atoms with Gasteiger partial charge in [-0.05, 0) is 49.9 Å². The molecule has 2 unspecified atom stereocenters. The minimum Gasteiger partial charge on any atom is -0.494 e. The first-order valence-electron chi connectivity index (χ1n) is 7.36. The molecule has 0 bridgehead atoms. The molecule has 1 aliphatic rings. The van der Waals surface area contributed by atoms with Crippen molar-refractivity contribution in [2.75, 3.05) is 13.2 Å². The van der Waals surface area contributed by atoms with Crippen molar-refractivity contribution in [3.8, 4) is 5.75 Å². The van der Waals surface area contributed by atoms with Gasteiger partial charge in [-0.2, -0.15) is 0 Å². The Hall–Kier alpha value is -1.55. The SMILES string of the molecule is CCOc1cccc(CNCC2CCCC2C(=O)O)c1. The highest BCUT2D eigenvalue weighted by molar-refractivity contribution is 5.70. The molecule has 20 heavy (non-hydrogen) atoms. The van der Waals surface area contributed by atoms with E-state index in [4.69, 9.17) is 9.84 Å². The van der Waals surface area contributed by atoms with Crippen LogP contribution in [0.5, 0.6) is 5.75 Å². The molecular formula is C16H23NO3. The Morgan fingerprint density at radius 1 is 1.45 bits per heavy atom. The third-order valence-corrected chi connectivity index (χ3v) is 3.92. The summed E-state index contributed by atoms with van der Waals surface area (Å²) in [6.45, 7) is 4.16. The van der Waals surface area contributed by atoms with Gasteiger partial charge >= 0.3 is 5.97 Å². The summed E-state index contributed by atoms with van der Waals surface area (Å²) in [6.07, 6.45) is 2.87. The topological polar surface area (TPSA) is 58.6 Å². The van der Waals surface area contributed by atoms with E-state index in [2.05, 4.69) is 11.4 Å². The van der Waals surface area contributed by atoms with E-state index in [-0.39, 0.29) is 11.8 Å². The van der Waals surface area contributed by atoms with Crippen molar-refractivity contribution in [1.82, 2.24) is 5.32 Å². The van der Waals surface area contributed by atoms with Crippen molar-refractivity contribution >= 4 is 5.97 Å². The van der Waals surface area contributed by atoms with E-state index in [1.165, 1.54) is 5.56 Å². The Morgan fingerprint density at radius 2 is 2.30 bits per heavy atom. The first-order valence-corrected chi connectivity index (χ1v) is 7.36. The largest absolute Gasteiger partial charge is 0.494 e. The van der Waals surface area contributed by atoms with Gasteiger partial charge in [0.05, 0.1) is 12.5 Å². The lowest BCUT2D eigenvalue weighted by Crippen LogP contribution is -2.28. The maximum Gasteiger partial charge on any atom is 0.306 e. The van der Waals surface area contributed by atoms with E-state index in [1.54, 1.807) is 0 Å². The first kappa shape index (κ1) is 14.9. The van der Waals surface area contributed by atoms with Crippen LogP contribution in [-0.2, 0) is 11.3 Å². The summed E-state index contributed by atoms with van der Waals surface area (Å²) in [5.74, 6) is 0.337. The molecule has 4 heteroatoms. The highest BCUT2D eigenvalue weighted by Crippen LogP contribution is 2.31. The minimum absolute atomic E-state index is 0.169. The number of benzene rings is 1. The number of hydrogen-bond donors (Lipinski definition) is 2. The summed E-state index contributed by atoms with van der Waals surface area (Å²) in [7, 11) is 0. The smallest absolute Gasteiger partial charge is 0.306 e. The molecular weight excluding hydrogens is 254 g/mol. The Morgan fingerprint density at radius 3 is 3.05 bits per heavy atom. The van der Waals surface area contributed by atoms with E-state index >= 15 is 0 Å². The number of carboxylic acids is 1. The third-order valence-electron chi connectivity index (χ3n) is 3.92. The van der Waals surface area contributed by atoms with Crippen LogP contribution in [0.2, 0.25) is 0 Å². The summed E-state index contributed by atoms with van der Waals surface area (Å²) in [5.41, 5.74) is 1.17. The monoisotopic (exact) mass is 277 g/mol. The predicted octanol–water partition coefficient (Wildman–Crippen LogP) is 2.68. The highest BCUT2D eigenvalue weighted by Gasteiger charge is 2.32. The minimum atomic E-state index is -0.646. The Bertz CT molecular complexity index is 447. The van der Waals surface area contributed by atoms with Crippen LogP contribution in [0.1, 0.15) is 31.7 Å². The van der Waals surface area contributed by atoms with Gasteiger partial charge < -0.3 is 15.2 Å². The van der Waals surface area contributed by atoms with Gasteiger partial charge in [0.15, 0.2) is 0 Å². The van der Waals surface area contributed by atoms with Gasteiger partial charge in [0.25, 0.3) is 0 Å². The zero-order chi connectivity index (χ0) is 14.4. The number of nitrogens with one attached hydrogen (secondary N) is 1. The summed E-state index contributed by atoms with van der Waals surface area (Å²) in [4.78, 5) is 11.1. The molecule has 4 nitrogen and oxygen atoms in total. The van der Waals surface area contributed by atoms with Gasteiger partial charge in [-0.3, -0.25) is 4.79 Å². The maximum atomic E-state index is 11.1. The summed E-state index contributed by atoms with van der Waals surface area (Å²) in [5, 5.41) is 12.5. The van der Waals surface area contributed by atoms with Gasteiger partial charge in [-0.15, -0.1) is 0 Å². The third kappa shape index (κ3) is 3.97. The van der Waals surface area contributed by atoms with Crippen LogP contribution in [0, 0.1) is 11.8 Å². The molecule has 0 aromatic heterocycles. The summed E-state index contributed by atoms with van der Waals surface area (Å²) < 4.78 is 5.47. The second kappa shape index (κ2) is 7.29. The van der Waals surface area contributed by atoms with Crippen LogP contribution >= 0.6 is 0 Å².